The molecular weight excluding hydrogens is 252 g/mol. The molecule has 0 aliphatic rings. The molecule has 0 aliphatic heterocycles. The second-order valence-electron chi connectivity index (χ2n) is 4.26. The molecule has 2 aromatic carbocycles. The number of hydrogen-bond donors (Lipinski definition) is 0. The third-order valence-electron chi connectivity index (χ3n) is 2.86. The maximum absolute atomic E-state index is 12.3. The summed E-state index contributed by atoms with van der Waals surface area (Å²) in [7, 11) is 0. The number of allylic oxidation sites excluding steroid dienone is 1. The van der Waals surface area contributed by atoms with Gasteiger partial charge in [0.1, 0.15) is 5.92 Å². The predicted octanol–water partition coefficient (Wildman–Crippen LogP) is 3.07. The van der Waals surface area contributed by atoms with Gasteiger partial charge in [0.15, 0.2) is 12.0 Å². The molecule has 3 nitrogen and oxygen atoms in total. The zero-order valence-corrected chi connectivity index (χ0v) is 10.9. The van der Waals surface area contributed by atoms with Gasteiger partial charge in [-0.1, -0.05) is 67.2 Å². The lowest BCUT2D eigenvalue weighted by molar-refractivity contribution is -0.141. The largest absolute Gasteiger partial charge is 0.423 e. The lowest BCUT2D eigenvalue weighted by Gasteiger charge is -2.16. The summed E-state index contributed by atoms with van der Waals surface area (Å²) >= 11 is 0. The minimum absolute atomic E-state index is 0.188. The summed E-state index contributed by atoms with van der Waals surface area (Å²) in [5.41, 5.74) is 1.62. The van der Waals surface area contributed by atoms with Crippen LogP contribution in [-0.2, 0) is 14.3 Å². The van der Waals surface area contributed by atoms with E-state index in [9.17, 15) is 9.59 Å². The van der Waals surface area contributed by atoms with Crippen LogP contribution in [0.4, 0.5) is 0 Å². The highest BCUT2D eigenvalue weighted by Gasteiger charge is 2.24. The van der Waals surface area contributed by atoms with Crippen LogP contribution in [0.15, 0.2) is 73.0 Å². The molecule has 2 rings (SSSR count). The van der Waals surface area contributed by atoms with Gasteiger partial charge in [-0.25, -0.2) is 0 Å². The van der Waals surface area contributed by atoms with Gasteiger partial charge in [0.05, 0.1) is 0 Å². The smallest absolute Gasteiger partial charge is 0.323 e. The van der Waals surface area contributed by atoms with Gasteiger partial charge in [0.2, 0.25) is 0 Å². The van der Waals surface area contributed by atoms with Crippen molar-refractivity contribution in [2.75, 3.05) is 0 Å². The topological polar surface area (TPSA) is 43.4 Å². The summed E-state index contributed by atoms with van der Waals surface area (Å²) in [6.07, 6.45) is 0.422. The lowest BCUT2D eigenvalue weighted by atomic mass is 9.91. The number of hydrogen-bond acceptors (Lipinski definition) is 3. The molecule has 0 aromatic heterocycles. The van der Waals surface area contributed by atoms with Crippen LogP contribution in [0.5, 0.6) is 0 Å². The van der Waals surface area contributed by atoms with Crippen LogP contribution in [0, 0.1) is 0 Å². The highest BCUT2D eigenvalue weighted by molar-refractivity contribution is 5.86. The molecule has 0 bridgehead atoms. The van der Waals surface area contributed by atoms with E-state index in [4.69, 9.17) is 4.74 Å². The second-order valence-corrected chi connectivity index (χ2v) is 4.26. The van der Waals surface area contributed by atoms with Crippen LogP contribution in [0.2, 0.25) is 0 Å². The van der Waals surface area contributed by atoms with Crippen LogP contribution in [0.3, 0.4) is 0 Å². The molecule has 0 heterocycles. The van der Waals surface area contributed by atoms with Gasteiger partial charge < -0.3 is 4.74 Å². The highest BCUT2D eigenvalue weighted by atomic mass is 16.5. The van der Waals surface area contributed by atoms with Crippen molar-refractivity contribution >= 4 is 12.3 Å². The van der Waals surface area contributed by atoms with E-state index < -0.39 is 11.9 Å². The number of benzene rings is 2. The minimum atomic E-state index is -0.575. The molecule has 3 heteroatoms. The molecule has 0 aliphatic carbocycles. The SMILES string of the molecule is C=C(C=O)OC(=O)C(c1ccccc1)c1ccccc1. The number of ether oxygens (including phenoxy) is 1. The van der Waals surface area contributed by atoms with E-state index in [-0.39, 0.29) is 5.76 Å². The summed E-state index contributed by atoms with van der Waals surface area (Å²) in [6, 6.07) is 18.6. The lowest BCUT2D eigenvalue weighted by Crippen LogP contribution is -2.17. The minimum Gasteiger partial charge on any atom is -0.423 e. The Bertz CT molecular complexity index is 563. The molecule has 0 saturated carbocycles. The first-order valence-electron chi connectivity index (χ1n) is 6.18. The number of carbonyl (C=O) groups excluding carboxylic acids is 2. The standard InChI is InChI=1S/C17H14O3/c1-13(12-18)20-17(19)16(14-8-4-2-5-9-14)15-10-6-3-7-11-15/h2-12,16H,1H2. The zero-order chi connectivity index (χ0) is 14.4. The van der Waals surface area contributed by atoms with Gasteiger partial charge in [-0.15, -0.1) is 0 Å². The quantitative estimate of drug-likeness (QED) is 0.361. The molecule has 0 radical (unpaired) electrons. The molecule has 0 atom stereocenters. The molecule has 0 amide bonds. The summed E-state index contributed by atoms with van der Waals surface area (Å²) < 4.78 is 4.97. The Morgan fingerprint density at radius 3 is 1.80 bits per heavy atom. The van der Waals surface area contributed by atoms with E-state index in [1.807, 2.05) is 60.7 Å². The van der Waals surface area contributed by atoms with Crippen molar-refractivity contribution in [2.24, 2.45) is 0 Å². The van der Waals surface area contributed by atoms with E-state index >= 15 is 0 Å². The van der Waals surface area contributed by atoms with Gasteiger partial charge in [-0.3, -0.25) is 9.59 Å². The number of esters is 1. The van der Waals surface area contributed by atoms with E-state index in [1.165, 1.54) is 0 Å². The van der Waals surface area contributed by atoms with Gasteiger partial charge in [0.25, 0.3) is 0 Å². The highest BCUT2D eigenvalue weighted by Crippen LogP contribution is 2.26. The first-order valence-corrected chi connectivity index (χ1v) is 6.18. The Morgan fingerprint density at radius 2 is 1.40 bits per heavy atom. The van der Waals surface area contributed by atoms with E-state index in [0.29, 0.717) is 6.29 Å². The third kappa shape index (κ3) is 3.20. The van der Waals surface area contributed by atoms with Crippen LogP contribution in [0.25, 0.3) is 0 Å². The fourth-order valence-corrected chi connectivity index (χ4v) is 1.97. The average Bonchev–Trinajstić information content (AvgIpc) is 2.49. The molecule has 0 fully saturated rings. The van der Waals surface area contributed by atoms with Crippen LogP contribution < -0.4 is 0 Å². The molecule has 100 valence electrons. The maximum atomic E-state index is 12.3. The number of aldehydes is 1. The zero-order valence-electron chi connectivity index (χ0n) is 10.9. The van der Waals surface area contributed by atoms with Gasteiger partial charge in [-0.2, -0.15) is 0 Å². The number of rotatable bonds is 5. The van der Waals surface area contributed by atoms with Crippen molar-refractivity contribution in [3.05, 3.63) is 84.1 Å². The summed E-state index contributed by atoms with van der Waals surface area (Å²) in [5, 5.41) is 0. The van der Waals surface area contributed by atoms with Crippen LogP contribution in [-0.4, -0.2) is 12.3 Å². The van der Waals surface area contributed by atoms with E-state index in [0.717, 1.165) is 11.1 Å². The van der Waals surface area contributed by atoms with Gasteiger partial charge in [0, 0.05) is 0 Å². The van der Waals surface area contributed by atoms with Gasteiger partial charge >= 0.3 is 5.97 Å². The summed E-state index contributed by atoms with van der Waals surface area (Å²) in [6.45, 7) is 3.37. The maximum Gasteiger partial charge on any atom is 0.323 e. The molecule has 20 heavy (non-hydrogen) atoms. The van der Waals surface area contributed by atoms with Crippen LogP contribution in [0.1, 0.15) is 17.0 Å². The third-order valence-corrected chi connectivity index (χ3v) is 2.86. The first kappa shape index (κ1) is 13.7. The Balaban J connectivity index is 2.37. The van der Waals surface area contributed by atoms with E-state index in [2.05, 4.69) is 6.58 Å². The van der Waals surface area contributed by atoms with Crippen molar-refractivity contribution in [2.45, 2.75) is 5.92 Å². The first-order chi connectivity index (χ1) is 9.72. The number of carbonyl (C=O) groups is 2. The Labute approximate surface area is 117 Å². The molecule has 0 N–H and O–H groups in total. The Kier molecular flexibility index (Phi) is 4.45. The van der Waals surface area contributed by atoms with Crippen molar-refractivity contribution in [1.29, 1.82) is 0 Å². The van der Waals surface area contributed by atoms with Gasteiger partial charge in [-0.05, 0) is 11.1 Å². The second kappa shape index (κ2) is 6.48. The summed E-state index contributed by atoms with van der Waals surface area (Å²) in [4.78, 5) is 22.8. The van der Waals surface area contributed by atoms with Crippen LogP contribution >= 0.6 is 0 Å². The fourth-order valence-electron chi connectivity index (χ4n) is 1.97. The molecule has 0 spiro atoms. The average molecular weight is 266 g/mol. The molecule has 0 saturated heterocycles. The monoisotopic (exact) mass is 266 g/mol. The Hall–Kier alpha value is -2.68. The Morgan fingerprint density at radius 1 is 0.950 bits per heavy atom. The van der Waals surface area contributed by atoms with E-state index in [1.54, 1.807) is 0 Å². The van der Waals surface area contributed by atoms with Crippen molar-refractivity contribution in [3.8, 4) is 0 Å². The van der Waals surface area contributed by atoms with Crippen molar-refractivity contribution in [3.63, 3.8) is 0 Å². The normalized spacial score (nSPS) is 10.1. The van der Waals surface area contributed by atoms with Crippen molar-refractivity contribution in [1.82, 2.24) is 0 Å². The molecule has 2 aromatic rings. The summed E-state index contributed by atoms with van der Waals surface area (Å²) in [5.74, 6) is -1.28. The van der Waals surface area contributed by atoms with Crippen molar-refractivity contribution < 1.29 is 14.3 Å². The fraction of sp³-hybridized carbons (Fsp3) is 0.0588. The molecular formula is C17H14O3. The molecule has 0 unspecified atom stereocenters. The predicted molar refractivity (Wildman–Crippen MR) is 76.0 cm³/mol.